The number of hydrogen-bond donors (Lipinski definition) is 1. The van der Waals surface area contributed by atoms with Gasteiger partial charge in [0.1, 0.15) is 5.69 Å². The lowest BCUT2D eigenvalue weighted by Gasteiger charge is -2.24. The molecule has 0 aromatic carbocycles. The fourth-order valence-electron chi connectivity index (χ4n) is 4.36. The van der Waals surface area contributed by atoms with Crippen LogP contribution in [0.4, 0.5) is 11.6 Å². The molecule has 0 radical (unpaired) electrons. The normalized spacial score (nSPS) is 15.5. The van der Waals surface area contributed by atoms with Crippen molar-refractivity contribution in [2.24, 2.45) is 5.92 Å². The van der Waals surface area contributed by atoms with Gasteiger partial charge in [0.25, 0.3) is 5.56 Å². The lowest BCUT2D eigenvalue weighted by Crippen LogP contribution is -2.31. The van der Waals surface area contributed by atoms with Crippen LogP contribution in [-0.4, -0.2) is 42.9 Å². The summed E-state index contributed by atoms with van der Waals surface area (Å²) in [6, 6.07) is 1.75. The van der Waals surface area contributed by atoms with Gasteiger partial charge in [-0.2, -0.15) is 0 Å². The van der Waals surface area contributed by atoms with Crippen LogP contribution in [-0.2, 0) is 16.4 Å². The molecule has 0 unspecified atom stereocenters. The summed E-state index contributed by atoms with van der Waals surface area (Å²) in [6.45, 7) is 3.71. The van der Waals surface area contributed by atoms with Gasteiger partial charge in [0, 0.05) is 18.9 Å². The lowest BCUT2D eigenvalue weighted by molar-refractivity contribution is 0.399. The third-order valence-corrected chi connectivity index (χ3v) is 8.22. The number of aromatic nitrogens is 3. The topological polar surface area (TPSA) is 120 Å². The van der Waals surface area contributed by atoms with E-state index in [1.54, 1.807) is 12.3 Å². The maximum Gasteiger partial charge on any atom is 0.267 e. The van der Waals surface area contributed by atoms with Gasteiger partial charge in [-0.15, -0.1) is 0 Å². The van der Waals surface area contributed by atoms with Crippen molar-refractivity contribution in [1.82, 2.24) is 14.5 Å². The number of nitrogen functional groups attached to an aromatic ring is 1. The maximum absolute atomic E-state index is 13.4. The molecule has 35 heavy (non-hydrogen) atoms. The molecule has 2 aliphatic carbocycles. The number of fused-ring (bicyclic) bond motifs is 1. The minimum atomic E-state index is -3.57. The molecule has 0 saturated carbocycles. The number of rotatable bonds is 7. The van der Waals surface area contributed by atoms with Crippen LogP contribution >= 0.6 is 0 Å². The summed E-state index contributed by atoms with van der Waals surface area (Å²) in [5.41, 5.74) is 9.73. The van der Waals surface area contributed by atoms with E-state index < -0.39 is 10.0 Å². The van der Waals surface area contributed by atoms with Gasteiger partial charge in [-0.3, -0.25) is 9.10 Å². The summed E-state index contributed by atoms with van der Waals surface area (Å²) in [4.78, 5) is 22.3. The van der Waals surface area contributed by atoms with Crippen molar-refractivity contribution in [3.8, 4) is 5.88 Å². The van der Waals surface area contributed by atoms with Gasteiger partial charge in [0.2, 0.25) is 21.9 Å². The van der Waals surface area contributed by atoms with E-state index in [1.165, 1.54) is 23.0 Å². The number of anilines is 2. The van der Waals surface area contributed by atoms with Crippen LogP contribution in [0.15, 0.2) is 35.3 Å². The van der Waals surface area contributed by atoms with Gasteiger partial charge in [0.15, 0.2) is 0 Å². The molecule has 0 amide bonds. The average molecular weight is 498 g/mol. The van der Waals surface area contributed by atoms with E-state index in [0.717, 1.165) is 29.7 Å². The zero-order valence-corrected chi connectivity index (χ0v) is 21.3. The molecule has 0 spiro atoms. The molecule has 2 aromatic heterocycles. The Hall–Kier alpha value is -3.40. The SMILES string of the molecule is COc1ncc(C2=Cc3c(nc(N)n(C4=CCCC=C4)c3=O)CC2)cc1N(C)S(=O)(=O)CC(C)C. The zero-order valence-electron chi connectivity index (χ0n) is 20.5. The molecule has 186 valence electrons. The van der Waals surface area contributed by atoms with Crippen molar-refractivity contribution >= 4 is 39.0 Å². The molecular formula is C25H31N5O4S. The Labute approximate surface area is 205 Å². The summed E-state index contributed by atoms with van der Waals surface area (Å²) in [5, 5.41) is 0. The third-order valence-electron chi connectivity index (χ3n) is 6.10. The number of sulfonamides is 1. The van der Waals surface area contributed by atoms with Gasteiger partial charge in [-0.25, -0.2) is 23.0 Å². The number of pyridine rings is 1. The number of nitrogens with two attached hydrogens (primary N) is 1. The van der Waals surface area contributed by atoms with E-state index >= 15 is 0 Å². The van der Waals surface area contributed by atoms with E-state index in [-0.39, 0.29) is 29.1 Å². The van der Waals surface area contributed by atoms with Crippen molar-refractivity contribution in [3.05, 3.63) is 57.7 Å². The number of allylic oxidation sites excluding steroid dienone is 5. The van der Waals surface area contributed by atoms with Gasteiger partial charge in [0.05, 0.1) is 24.1 Å². The van der Waals surface area contributed by atoms with E-state index in [0.29, 0.717) is 29.8 Å². The highest BCUT2D eigenvalue weighted by Gasteiger charge is 2.26. The Balaban J connectivity index is 1.78. The predicted octanol–water partition coefficient (Wildman–Crippen LogP) is 3.33. The quantitative estimate of drug-likeness (QED) is 0.623. The molecule has 4 rings (SSSR count). The second-order valence-corrected chi connectivity index (χ2v) is 11.2. The first-order valence-corrected chi connectivity index (χ1v) is 13.2. The highest BCUT2D eigenvalue weighted by Crippen LogP contribution is 2.34. The minimum absolute atomic E-state index is 0.00385. The molecule has 0 bridgehead atoms. The molecule has 0 fully saturated rings. The molecule has 9 nitrogen and oxygen atoms in total. The van der Waals surface area contributed by atoms with Crippen LogP contribution in [0.25, 0.3) is 17.3 Å². The molecule has 0 atom stereocenters. The van der Waals surface area contributed by atoms with Crippen LogP contribution in [0.2, 0.25) is 0 Å². The van der Waals surface area contributed by atoms with Crippen molar-refractivity contribution in [1.29, 1.82) is 0 Å². The zero-order chi connectivity index (χ0) is 25.3. The molecular weight excluding hydrogens is 466 g/mol. The van der Waals surface area contributed by atoms with Crippen molar-refractivity contribution in [2.45, 2.75) is 39.5 Å². The molecule has 2 N–H and O–H groups in total. The summed E-state index contributed by atoms with van der Waals surface area (Å²) < 4.78 is 33.8. The van der Waals surface area contributed by atoms with Gasteiger partial charge in [-0.05, 0) is 61.0 Å². The van der Waals surface area contributed by atoms with Crippen LogP contribution in [0.3, 0.4) is 0 Å². The smallest absolute Gasteiger partial charge is 0.267 e. The maximum atomic E-state index is 13.4. The van der Waals surface area contributed by atoms with Crippen LogP contribution in [0.1, 0.15) is 49.9 Å². The first-order valence-electron chi connectivity index (χ1n) is 11.6. The van der Waals surface area contributed by atoms with Gasteiger partial charge in [-0.1, -0.05) is 26.0 Å². The number of methoxy groups -OCH3 is 1. The molecule has 2 aromatic rings. The van der Waals surface area contributed by atoms with Gasteiger partial charge < -0.3 is 10.5 Å². The first kappa shape index (κ1) is 24.7. The van der Waals surface area contributed by atoms with Crippen molar-refractivity contribution in [3.63, 3.8) is 0 Å². The monoisotopic (exact) mass is 497 g/mol. The predicted molar refractivity (Wildman–Crippen MR) is 140 cm³/mol. The Morgan fingerprint density at radius 3 is 2.69 bits per heavy atom. The molecule has 2 aliphatic rings. The van der Waals surface area contributed by atoms with Crippen molar-refractivity contribution in [2.75, 3.05) is 29.9 Å². The second kappa shape index (κ2) is 9.69. The van der Waals surface area contributed by atoms with E-state index in [1.807, 2.05) is 38.2 Å². The molecule has 10 heteroatoms. The van der Waals surface area contributed by atoms with Gasteiger partial charge >= 0.3 is 0 Å². The number of aryl methyl sites for hydroxylation is 1. The Morgan fingerprint density at radius 1 is 1.26 bits per heavy atom. The van der Waals surface area contributed by atoms with E-state index in [2.05, 4.69) is 9.97 Å². The molecule has 2 heterocycles. The Morgan fingerprint density at radius 2 is 2.03 bits per heavy atom. The minimum Gasteiger partial charge on any atom is -0.479 e. The van der Waals surface area contributed by atoms with Crippen LogP contribution < -0.4 is 20.3 Å². The number of hydrogen-bond acceptors (Lipinski definition) is 7. The number of nitrogens with zero attached hydrogens (tertiary/aromatic N) is 4. The average Bonchev–Trinajstić information content (AvgIpc) is 2.83. The van der Waals surface area contributed by atoms with E-state index in [9.17, 15) is 13.2 Å². The highest BCUT2D eigenvalue weighted by atomic mass is 32.2. The highest BCUT2D eigenvalue weighted by molar-refractivity contribution is 7.92. The summed E-state index contributed by atoms with van der Waals surface area (Å²) >= 11 is 0. The first-order chi connectivity index (χ1) is 16.6. The molecule has 0 aliphatic heterocycles. The fourth-order valence-corrected chi connectivity index (χ4v) is 5.85. The van der Waals surface area contributed by atoms with Crippen LogP contribution in [0.5, 0.6) is 5.88 Å². The fraction of sp³-hybridized carbons (Fsp3) is 0.400. The summed E-state index contributed by atoms with van der Waals surface area (Å²) in [5.74, 6) is 0.365. The van der Waals surface area contributed by atoms with E-state index in [4.69, 9.17) is 10.5 Å². The van der Waals surface area contributed by atoms with Crippen LogP contribution in [0, 0.1) is 5.92 Å². The summed E-state index contributed by atoms with van der Waals surface area (Å²) in [7, 11) is -0.609. The van der Waals surface area contributed by atoms with Crippen molar-refractivity contribution < 1.29 is 13.2 Å². The second-order valence-electron chi connectivity index (χ2n) is 9.14. The molecule has 0 saturated heterocycles. The lowest BCUT2D eigenvalue weighted by atomic mass is 9.92. The number of ether oxygens (including phenoxy) is 1. The largest absolute Gasteiger partial charge is 0.479 e. The summed E-state index contributed by atoms with van der Waals surface area (Å²) in [6.07, 6.45) is 12.2. The third kappa shape index (κ3) is 4.88. The standard InChI is InChI=1S/C25H31N5O4S/c1-16(2)15-35(32,33)29(3)22-13-18(14-27-23(22)34-4)17-10-11-21-20(12-17)24(31)30(25(26)28-21)19-8-6-5-7-9-19/h6,8-9,12-14,16H,5,7,10-11,15H2,1-4H3,(H2,26,28). The Bertz CT molecular complexity index is 1400. The Kier molecular flexibility index (Phi) is 6.84.